The number of aryl methyl sites for hydroxylation is 1. The lowest BCUT2D eigenvalue weighted by atomic mass is 9.92. The van der Waals surface area contributed by atoms with Gasteiger partial charge in [0.1, 0.15) is 0 Å². The van der Waals surface area contributed by atoms with Gasteiger partial charge in [0.05, 0.1) is 5.52 Å². The first-order valence-electron chi connectivity index (χ1n) is 11.1. The van der Waals surface area contributed by atoms with Crippen molar-refractivity contribution in [3.8, 4) is 0 Å². The number of aromatic nitrogens is 1. The maximum absolute atomic E-state index is 6.22. The summed E-state index contributed by atoms with van der Waals surface area (Å²) in [6.45, 7) is 3.23. The molecule has 6 heteroatoms. The molecule has 2 aliphatic rings. The molecule has 1 atom stereocenters. The Kier molecular flexibility index (Phi) is 8.29. The number of unbranched alkanes of at least 4 members (excludes halogenated alkanes) is 1. The first-order chi connectivity index (χ1) is 14.3. The van der Waals surface area contributed by atoms with E-state index in [2.05, 4.69) is 38.3 Å². The highest BCUT2D eigenvalue weighted by molar-refractivity contribution is 8.77. The van der Waals surface area contributed by atoms with E-state index in [4.69, 9.17) is 16.6 Å². The van der Waals surface area contributed by atoms with E-state index in [0.29, 0.717) is 0 Å². The molecule has 2 aromatic rings. The second kappa shape index (κ2) is 11.1. The Morgan fingerprint density at radius 1 is 1.07 bits per heavy atom. The number of nitrogens with zero attached hydrogens (tertiary/aromatic N) is 1. The lowest BCUT2D eigenvalue weighted by Gasteiger charge is -2.22. The van der Waals surface area contributed by atoms with Gasteiger partial charge in [-0.15, -0.1) is 0 Å². The Morgan fingerprint density at radius 2 is 1.97 bits per heavy atom. The molecule has 1 unspecified atom stereocenters. The molecule has 1 fully saturated rings. The smallest absolute Gasteiger partial charge is 0.0741 e. The van der Waals surface area contributed by atoms with Crippen molar-refractivity contribution in [3.05, 3.63) is 34.5 Å². The molecular formula is C23H32ClN3S2. The molecule has 1 saturated heterocycles. The largest absolute Gasteiger partial charge is 0.384 e. The minimum atomic E-state index is 0.765. The number of nitrogens with one attached hydrogen (secondary N) is 2. The Morgan fingerprint density at radius 3 is 2.86 bits per heavy atom. The summed E-state index contributed by atoms with van der Waals surface area (Å²) >= 11 is 6.22. The molecule has 0 amide bonds. The Hall–Kier alpha value is -0.620. The van der Waals surface area contributed by atoms with Gasteiger partial charge in [-0.25, -0.2) is 0 Å². The van der Waals surface area contributed by atoms with Crippen molar-refractivity contribution in [2.75, 3.05) is 30.7 Å². The lowest BCUT2D eigenvalue weighted by Crippen LogP contribution is -2.20. The number of anilines is 1. The van der Waals surface area contributed by atoms with E-state index in [-0.39, 0.29) is 0 Å². The minimum absolute atomic E-state index is 0.765. The van der Waals surface area contributed by atoms with Crippen molar-refractivity contribution in [2.45, 2.75) is 63.0 Å². The molecule has 1 aromatic heterocycles. The van der Waals surface area contributed by atoms with Gasteiger partial charge in [-0.05, 0) is 88.2 Å². The summed E-state index contributed by atoms with van der Waals surface area (Å²) in [6.07, 6.45) is 11.3. The summed E-state index contributed by atoms with van der Waals surface area (Å²) in [7, 11) is 4.15. The molecule has 2 N–H and O–H groups in total. The number of hydrogen-bond donors (Lipinski definition) is 2. The number of fused-ring (bicyclic) bond motifs is 2. The van der Waals surface area contributed by atoms with Crippen LogP contribution in [0.2, 0.25) is 5.02 Å². The van der Waals surface area contributed by atoms with Crippen molar-refractivity contribution in [1.29, 1.82) is 0 Å². The van der Waals surface area contributed by atoms with Crippen molar-refractivity contribution in [3.63, 3.8) is 0 Å². The number of rotatable bonds is 10. The molecule has 4 rings (SSSR count). The van der Waals surface area contributed by atoms with E-state index >= 15 is 0 Å². The fourth-order valence-electron chi connectivity index (χ4n) is 4.34. The molecule has 2 heterocycles. The summed E-state index contributed by atoms with van der Waals surface area (Å²) in [4.78, 5) is 4.91. The van der Waals surface area contributed by atoms with Crippen LogP contribution in [-0.4, -0.2) is 35.6 Å². The van der Waals surface area contributed by atoms with Gasteiger partial charge in [-0.1, -0.05) is 39.6 Å². The van der Waals surface area contributed by atoms with Crippen LogP contribution in [0.1, 0.15) is 56.2 Å². The zero-order chi connectivity index (χ0) is 19.9. The highest BCUT2D eigenvalue weighted by atomic mass is 35.5. The van der Waals surface area contributed by atoms with Crippen LogP contribution in [-0.2, 0) is 12.8 Å². The second-order valence-electron chi connectivity index (χ2n) is 8.14. The first kappa shape index (κ1) is 21.6. The van der Waals surface area contributed by atoms with Crippen LogP contribution in [0.15, 0.2) is 18.2 Å². The summed E-state index contributed by atoms with van der Waals surface area (Å²) in [5, 5.41) is 10.3. The Labute approximate surface area is 187 Å². The van der Waals surface area contributed by atoms with Crippen LogP contribution in [0.4, 0.5) is 5.69 Å². The van der Waals surface area contributed by atoms with Gasteiger partial charge in [0.25, 0.3) is 0 Å². The standard InChI is InChI=1S/C23H32ClN3S2/c24-17-9-10-20-22(16-17)27-21-8-2-1-7-19(21)23(20)26-14-5-13-25-12-4-3-6-18-11-15-28-29-18/h9-10,16,18,25H,1-8,11-15H2,(H,26,27). The monoisotopic (exact) mass is 449 g/mol. The van der Waals surface area contributed by atoms with Gasteiger partial charge in [0.2, 0.25) is 0 Å². The van der Waals surface area contributed by atoms with Gasteiger partial charge < -0.3 is 10.6 Å². The van der Waals surface area contributed by atoms with Gasteiger partial charge in [0, 0.05) is 39.3 Å². The highest BCUT2D eigenvalue weighted by Gasteiger charge is 2.18. The maximum Gasteiger partial charge on any atom is 0.0741 e. The van der Waals surface area contributed by atoms with E-state index in [9.17, 15) is 0 Å². The third kappa shape index (κ3) is 5.96. The van der Waals surface area contributed by atoms with Crippen LogP contribution in [0.25, 0.3) is 10.9 Å². The summed E-state index contributed by atoms with van der Waals surface area (Å²) < 4.78 is 0. The van der Waals surface area contributed by atoms with E-state index in [1.54, 1.807) is 0 Å². The molecular weight excluding hydrogens is 418 g/mol. The normalized spacial score (nSPS) is 18.9. The average Bonchev–Trinajstić information content (AvgIpc) is 3.25. The first-order valence-corrected chi connectivity index (χ1v) is 13.9. The van der Waals surface area contributed by atoms with Crippen LogP contribution in [0, 0.1) is 0 Å². The summed E-state index contributed by atoms with van der Waals surface area (Å²) in [6, 6.07) is 6.11. The molecule has 29 heavy (non-hydrogen) atoms. The molecule has 0 bridgehead atoms. The van der Waals surface area contributed by atoms with Crippen LogP contribution in [0.3, 0.4) is 0 Å². The van der Waals surface area contributed by atoms with Crippen LogP contribution in [0.5, 0.6) is 0 Å². The van der Waals surface area contributed by atoms with E-state index in [1.165, 1.54) is 66.6 Å². The maximum atomic E-state index is 6.22. The second-order valence-corrected chi connectivity index (χ2v) is 11.4. The van der Waals surface area contributed by atoms with Crippen molar-refractivity contribution >= 4 is 49.8 Å². The van der Waals surface area contributed by atoms with E-state index in [0.717, 1.165) is 54.7 Å². The van der Waals surface area contributed by atoms with Crippen LogP contribution >= 0.6 is 33.2 Å². The van der Waals surface area contributed by atoms with Gasteiger partial charge in [-0.2, -0.15) is 0 Å². The third-order valence-electron chi connectivity index (χ3n) is 5.91. The topological polar surface area (TPSA) is 37.0 Å². The molecule has 0 spiro atoms. The van der Waals surface area contributed by atoms with Crippen molar-refractivity contribution in [1.82, 2.24) is 10.3 Å². The van der Waals surface area contributed by atoms with Gasteiger partial charge in [0.15, 0.2) is 0 Å². The zero-order valence-corrected chi connectivity index (χ0v) is 19.5. The van der Waals surface area contributed by atoms with Gasteiger partial charge >= 0.3 is 0 Å². The predicted molar refractivity (Wildman–Crippen MR) is 132 cm³/mol. The molecule has 158 valence electrons. The third-order valence-corrected chi connectivity index (χ3v) is 9.16. The van der Waals surface area contributed by atoms with Crippen molar-refractivity contribution < 1.29 is 0 Å². The lowest BCUT2D eigenvalue weighted by molar-refractivity contribution is 0.586. The zero-order valence-electron chi connectivity index (χ0n) is 17.1. The quantitative estimate of drug-likeness (QED) is 0.320. The van der Waals surface area contributed by atoms with Gasteiger partial charge in [-0.3, -0.25) is 4.98 Å². The summed E-state index contributed by atoms with van der Waals surface area (Å²) in [5.41, 5.74) is 5.03. The van der Waals surface area contributed by atoms with Crippen molar-refractivity contribution in [2.24, 2.45) is 0 Å². The fourth-order valence-corrected chi connectivity index (χ4v) is 7.53. The fraction of sp³-hybridized carbons (Fsp3) is 0.609. The van der Waals surface area contributed by atoms with E-state index < -0.39 is 0 Å². The molecule has 1 aromatic carbocycles. The average molecular weight is 450 g/mol. The molecule has 0 radical (unpaired) electrons. The predicted octanol–water partition coefficient (Wildman–Crippen LogP) is 6.48. The number of benzene rings is 1. The highest BCUT2D eigenvalue weighted by Crippen LogP contribution is 2.39. The molecule has 0 saturated carbocycles. The molecule has 1 aliphatic carbocycles. The minimum Gasteiger partial charge on any atom is -0.384 e. The SMILES string of the molecule is Clc1ccc2c(NCCCNCCCCC3CCSS3)c3c(nc2c1)CCCC3. The van der Waals surface area contributed by atoms with Crippen LogP contribution < -0.4 is 10.6 Å². The Balaban J connectivity index is 1.23. The molecule has 1 aliphatic heterocycles. The number of hydrogen-bond acceptors (Lipinski definition) is 5. The summed E-state index contributed by atoms with van der Waals surface area (Å²) in [5.74, 6) is 1.35. The number of pyridine rings is 1. The number of halogens is 1. The Bertz CT molecular complexity index is 808. The molecule has 3 nitrogen and oxygen atoms in total. The van der Waals surface area contributed by atoms with E-state index in [1.807, 2.05) is 12.1 Å².